The fourth-order valence-corrected chi connectivity index (χ4v) is 17.1. The molecule has 9 heteroatoms. The maximum atomic E-state index is 9.91. The molecule has 478 valence electrons. The van der Waals surface area contributed by atoms with Crippen LogP contribution >= 0.6 is 11.3 Å². The van der Waals surface area contributed by atoms with Crippen LogP contribution in [0.5, 0.6) is 0 Å². The van der Waals surface area contributed by atoms with Gasteiger partial charge in [-0.05, 0) is 141 Å². The van der Waals surface area contributed by atoms with Gasteiger partial charge < -0.3 is 18.0 Å². The lowest BCUT2D eigenvalue weighted by molar-refractivity contribution is 0.672. The topological polar surface area (TPSA) is 79.2 Å². The van der Waals surface area contributed by atoms with Crippen molar-refractivity contribution < 1.29 is 8.83 Å². The second-order valence-corrected chi connectivity index (χ2v) is 27.4. The van der Waals surface area contributed by atoms with Gasteiger partial charge in [0.05, 0.1) is 50.8 Å². The van der Waals surface area contributed by atoms with Crippen molar-refractivity contribution >= 4 is 125 Å². The molecule has 21 rings (SSSR count). The largest absolute Gasteiger partial charge is 0.455 e. The van der Waals surface area contributed by atoms with Gasteiger partial charge in [-0.15, -0.1) is 11.3 Å². The number of fused-ring (bicyclic) bond motifs is 17. The number of aromatic nitrogens is 5. The van der Waals surface area contributed by atoms with Crippen molar-refractivity contribution in [2.24, 2.45) is 0 Å². The van der Waals surface area contributed by atoms with Crippen LogP contribution in [0.4, 0.5) is 5.69 Å². The lowest BCUT2D eigenvalue weighted by Crippen LogP contribution is -2.09. The van der Waals surface area contributed by atoms with Crippen LogP contribution in [-0.4, -0.2) is 24.1 Å². The van der Waals surface area contributed by atoms with Gasteiger partial charge in [-0.3, -0.25) is 0 Å². The van der Waals surface area contributed by atoms with Crippen LogP contribution in [0.3, 0.4) is 0 Å². The fourth-order valence-electron chi connectivity index (χ4n) is 15.9. The van der Waals surface area contributed by atoms with Crippen LogP contribution < -0.4 is 0 Å². The summed E-state index contributed by atoms with van der Waals surface area (Å²) in [5.74, 6) is 1.43. The molecule has 103 heavy (non-hydrogen) atoms. The van der Waals surface area contributed by atoms with E-state index in [1.54, 1.807) is 11.3 Å². The zero-order valence-electron chi connectivity index (χ0n) is 55.1. The van der Waals surface area contributed by atoms with Crippen LogP contribution in [0.2, 0.25) is 0 Å². The first-order valence-electron chi connectivity index (χ1n) is 34.5. The van der Waals surface area contributed by atoms with Crippen LogP contribution in [0.15, 0.2) is 336 Å². The second kappa shape index (κ2) is 23.2. The van der Waals surface area contributed by atoms with Crippen LogP contribution in [-0.2, 0) is 0 Å². The fraction of sp³-hybridized carbons (Fsp3) is 0. The Balaban J connectivity index is 0.941. The minimum atomic E-state index is 0.372. The summed E-state index contributed by atoms with van der Waals surface area (Å²) in [5.41, 5.74) is 21.1. The third kappa shape index (κ3) is 9.18. The average Bonchev–Trinajstić information content (AvgIpc) is 1.56. The van der Waals surface area contributed by atoms with Crippen LogP contribution in [0, 0.1) is 6.57 Å². The molecule has 0 aliphatic heterocycles. The summed E-state index contributed by atoms with van der Waals surface area (Å²) in [4.78, 5) is 21.6. The first-order valence-corrected chi connectivity index (χ1v) is 35.3. The molecule has 0 saturated heterocycles. The molecule has 8 nitrogen and oxygen atoms in total. The molecule has 15 aromatic carbocycles. The Morgan fingerprint density at radius 2 is 0.699 bits per heavy atom. The molecule has 0 atom stereocenters. The Morgan fingerprint density at radius 3 is 1.20 bits per heavy atom. The van der Waals surface area contributed by atoms with Crippen molar-refractivity contribution in [3.8, 4) is 101 Å². The molecule has 0 bridgehead atoms. The summed E-state index contributed by atoms with van der Waals surface area (Å²) in [7, 11) is 0. The summed E-state index contributed by atoms with van der Waals surface area (Å²) < 4.78 is 21.6. The molecule has 21 aromatic rings. The zero-order chi connectivity index (χ0) is 67.8. The summed E-state index contributed by atoms with van der Waals surface area (Å²) >= 11 is 1.74. The lowest BCUT2D eigenvalue weighted by atomic mass is 9.93. The van der Waals surface area contributed by atoms with Crippen molar-refractivity contribution in [3.05, 3.63) is 339 Å². The summed E-state index contributed by atoms with van der Waals surface area (Å²) in [6.45, 7) is 9.91. The highest BCUT2D eigenvalue weighted by Crippen LogP contribution is 2.53. The molecule has 0 aliphatic carbocycles. The SMILES string of the molecule is [C-]#[N+]c1cc(-c2nc(-c3ccccc3)nc(-c3cccc4c3sc3ccccc34)n2)c(-c2ccccc2)c(-n2c3ccc(-c4ccccc4)cc3c3c4oc5ccc(-c6ccccc6)cc5c4ccc32)c1-n1c2ccc(-c3ccccc3)cc2c2c3oc4ccc(-c5ccccc5)cc4c3ccc21. The van der Waals surface area contributed by atoms with Gasteiger partial charge in [0.1, 0.15) is 22.3 Å². The van der Waals surface area contributed by atoms with E-state index in [0.29, 0.717) is 34.4 Å². The van der Waals surface area contributed by atoms with Crippen LogP contribution in [0.25, 0.3) is 214 Å². The standard InChI is InChI=1S/C94H54N6O2S/c1-95-76-55-75(94-97-92(61-33-18-7-19-34-61)96-93(98-94)70-37-22-36-69-66-35-20-21-38-83(66)103-91(69)70)84(60-31-16-6-17-32-60)88(100-78-46-40-63(57-25-10-3-11-26-57)54-74(78)86-80(100)48-44-68-72-52-65(59-29-14-5-15-30-59)42-50-82(72)102-90(68)86)87(76)99-77-45-39-62(56-23-8-2-9-24-56)53-73(77)85-79(99)47-43-67-71-51-64(58-27-12-4-13-28-58)41-49-81(71)101-89(67)85/h2-55H. The van der Waals surface area contributed by atoms with E-state index in [1.807, 2.05) is 24.3 Å². The maximum absolute atomic E-state index is 9.91. The van der Waals surface area contributed by atoms with Gasteiger partial charge in [0, 0.05) is 74.7 Å². The molecule has 0 N–H and O–H groups in total. The number of furan rings is 2. The number of nitrogens with zero attached hydrogens (tertiary/aromatic N) is 6. The summed E-state index contributed by atoms with van der Waals surface area (Å²) in [5, 5.41) is 10.1. The highest BCUT2D eigenvalue weighted by Gasteiger charge is 2.32. The van der Waals surface area contributed by atoms with Crippen molar-refractivity contribution in [1.29, 1.82) is 0 Å². The highest BCUT2D eigenvalue weighted by molar-refractivity contribution is 7.26. The molecular formula is C94H54N6O2S. The quantitative estimate of drug-likeness (QED) is 0.128. The number of thiophene rings is 1. The first kappa shape index (κ1) is 58.2. The monoisotopic (exact) mass is 1330 g/mol. The third-order valence-corrected chi connectivity index (χ3v) is 21.8. The van der Waals surface area contributed by atoms with Crippen molar-refractivity contribution in [2.75, 3.05) is 0 Å². The lowest BCUT2D eigenvalue weighted by Gasteiger charge is -2.25. The smallest absolute Gasteiger partial charge is 0.213 e. The number of hydrogen-bond acceptors (Lipinski definition) is 6. The predicted molar refractivity (Wildman–Crippen MR) is 426 cm³/mol. The maximum Gasteiger partial charge on any atom is 0.213 e. The molecule has 0 aliphatic rings. The average molecular weight is 1330 g/mol. The Bertz CT molecular complexity index is 7090. The van der Waals surface area contributed by atoms with Gasteiger partial charge in [-0.2, -0.15) is 0 Å². The van der Waals surface area contributed by atoms with E-state index in [9.17, 15) is 6.57 Å². The van der Waals surface area contributed by atoms with Gasteiger partial charge in [-0.25, -0.2) is 19.8 Å². The minimum Gasteiger partial charge on any atom is -0.455 e. The van der Waals surface area contributed by atoms with Gasteiger partial charge in [0.15, 0.2) is 17.5 Å². The van der Waals surface area contributed by atoms with Gasteiger partial charge in [0.25, 0.3) is 0 Å². The zero-order valence-corrected chi connectivity index (χ0v) is 55.9. The predicted octanol–water partition coefficient (Wildman–Crippen LogP) is 26.1. The van der Waals surface area contributed by atoms with Gasteiger partial charge in [-0.1, -0.05) is 237 Å². The minimum absolute atomic E-state index is 0.372. The van der Waals surface area contributed by atoms with Gasteiger partial charge in [0.2, 0.25) is 5.69 Å². The van der Waals surface area contributed by atoms with Gasteiger partial charge >= 0.3 is 0 Å². The molecule has 0 unspecified atom stereocenters. The molecule has 6 heterocycles. The van der Waals surface area contributed by atoms with E-state index < -0.39 is 0 Å². The number of benzene rings is 15. The molecular weight excluding hydrogens is 1280 g/mol. The van der Waals surface area contributed by atoms with E-state index in [0.717, 1.165) is 170 Å². The molecule has 0 spiro atoms. The van der Waals surface area contributed by atoms with Crippen molar-refractivity contribution in [1.82, 2.24) is 24.1 Å². The Hall–Kier alpha value is -13.8. The van der Waals surface area contributed by atoms with Crippen molar-refractivity contribution in [2.45, 2.75) is 0 Å². The summed E-state index contributed by atoms with van der Waals surface area (Å²) in [6.07, 6.45) is 0. The second-order valence-electron chi connectivity index (χ2n) is 26.3. The van der Waals surface area contributed by atoms with E-state index in [4.69, 9.17) is 28.6 Å². The number of hydrogen-bond donors (Lipinski definition) is 0. The Labute approximate surface area is 594 Å². The van der Waals surface area contributed by atoms with E-state index in [1.165, 1.54) is 10.1 Å². The molecule has 0 amide bonds. The Kier molecular flexibility index (Phi) is 13.1. The number of rotatable bonds is 10. The van der Waals surface area contributed by atoms with Crippen molar-refractivity contribution in [3.63, 3.8) is 0 Å². The Morgan fingerprint density at radius 1 is 0.291 bits per heavy atom. The van der Waals surface area contributed by atoms with E-state index >= 15 is 0 Å². The summed E-state index contributed by atoms with van der Waals surface area (Å²) in [6, 6.07) is 115. The molecule has 6 aromatic heterocycles. The van der Waals surface area contributed by atoms with E-state index in [-0.39, 0.29) is 0 Å². The first-order chi connectivity index (χ1) is 51.0. The van der Waals surface area contributed by atoms with E-state index in [2.05, 4.69) is 312 Å². The highest BCUT2D eigenvalue weighted by atomic mass is 32.1. The third-order valence-electron chi connectivity index (χ3n) is 20.6. The molecule has 0 saturated carbocycles. The van der Waals surface area contributed by atoms with Crippen LogP contribution in [0.1, 0.15) is 0 Å². The molecule has 0 radical (unpaired) electrons. The normalized spacial score (nSPS) is 11.9. The molecule has 0 fully saturated rings.